The van der Waals surface area contributed by atoms with Gasteiger partial charge in [0.05, 0.1) is 17.4 Å². The molecule has 0 aliphatic carbocycles. The normalized spacial score (nSPS) is 10.6. The monoisotopic (exact) mass is 315 g/mol. The summed E-state index contributed by atoms with van der Waals surface area (Å²) in [6.07, 6.45) is 1.50. The third-order valence-electron chi connectivity index (χ3n) is 3.07. The van der Waals surface area contributed by atoms with Crippen molar-refractivity contribution in [2.24, 2.45) is 0 Å². The zero-order chi connectivity index (χ0) is 15.7. The SMILES string of the molecule is O=C(Nc1cnc2ccccc2c1)c1cc(Cl)c(=O)[nH]c1O. The van der Waals surface area contributed by atoms with Crippen molar-refractivity contribution >= 4 is 34.1 Å². The number of rotatable bonds is 2. The number of hydrogen-bond acceptors (Lipinski definition) is 4. The third kappa shape index (κ3) is 2.64. The first-order valence-corrected chi connectivity index (χ1v) is 6.70. The number of anilines is 1. The van der Waals surface area contributed by atoms with Crippen molar-refractivity contribution in [1.29, 1.82) is 0 Å². The molecular formula is C15H10ClN3O3. The van der Waals surface area contributed by atoms with Crippen LogP contribution in [0.3, 0.4) is 0 Å². The molecule has 0 spiro atoms. The Labute approximate surface area is 129 Å². The number of hydrogen-bond donors (Lipinski definition) is 3. The van der Waals surface area contributed by atoms with Crippen LogP contribution >= 0.6 is 11.6 Å². The largest absolute Gasteiger partial charge is 0.494 e. The minimum Gasteiger partial charge on any atom is -0.494 e. The van der Waals surface area contributed by atoms with E-state index in [1.54, 1.807) is 6.07 Å². The number of benzene rings is 1. The van der Waals surface area contributed by atoms with E-state index in [9.17, 15) is 14.7 Å². The summed E-state index contributed by atoms with van der Waals surface area (Å²) in [4.78, 5) is 29.7. The lowest BCUT2D eigenvalue weighted by molar-refractivity contribution is 0.102. The van der Waals surface area contributed by atoms with Crippen LogP contribution in [0.2, 0.25) is 5.02 Å². The molecule has 2 heterocycles. The molecule has 3 aromatic rings. The zero-order valence-corrected chi connectivity index (χ0v) is 11.9. The maximum Gasteiger partial charge on any atom is 0.269 e. The zero-order valence-electron chi connectivity index (χ0n) is 11.1. The lowest BCUT2D eigenvalue weighted by Crippen LogP contribution is -2.16. The summed E-state index contributed by atoms with van der Waals surface area (Å²) in [7, 11) is 0. The Balaban J connectivity index is 1.93. The first kappa shape index (κ1) is 14.1. The summed E-state index contributed by atoms with van der Waals surface area (Å²) < 4.78 is 0. The van der Waals surface area contributed by atoms with Gasteiger partial charge in [0, 0.05) is 5.39 Å². The molecule has 3 N–H and O–H groups in total. The van der Waals surface area contributed by atoms with Crippen LogP contribution in [-0.4, -0.2) is 21.0 Å². The molecule has 0 radical (unpaired) electrons. The number of carbonyl (C=O) groups is 1. The third-order valence-corrected chi connectivity index (χ3v) is 3.35. The Kier molecular flexibility index (Phi) is 3.52. The van der Waals surface area contributed by atoms with E-state index in [0.29, 0.717) is 5.69 Å². The van der Waals surface area contributed by atoms with Crippen LogP contribution in [0.4, 0.5) is 5.69 Å². The molecule has 3 rings (SSSR count). The molecule has 0 aliphatic heterocycles. The smallest absolute Gasteiger partial charge is 0.269 e. The summed E-state index contributed by atoms with van der Waals surface area (Å²) in [6, 6.07) is 10.3. The Bertz CT molecular complexity index is 937. The Morgan fingerprint density at radius 1 is 1.27 bits per heavy atom. The molecule has 1 aromatic carbocycles. The van der Waals surface area contributed by atoms with Crippen molar-refractivity contribution in [2.45, 2.75) is 0 Å². The fourth-order valence-electron chi connectivity index (χ4n) is 2.01. The summed E-state index contributed by atoms with van der Waals surface area (Å²) in [6.45, 7) is 0. The summed E-state index contributed by atoms with van der Waals surface area (Å²) >= 11 is 5.66. The van der Waals surface area contributed by atoms with E-state index in [2.05, 4.69) is 15.3 Å². The highest BCUT2D eigenvalue weighted by Crippen LogP contribution is 2.19. The minimum absolute atomic E-state index is 0.127. The summed E-state index contributed by atoms with van der Waals surface area (Å²) in [5, 5.41) is 12.9. The molecule has 0 atom stereocenters. The lowest BCUT2D eigenvalue weighted by Gasteiger charge is -2.07. The van der Waals surface area contributed by atoms with Gasteiger partial charge in [-0.05, 0) is 18.2 Å². The van der Waals surface area contributed by atoms with Crippen LogP contribution in [0.1, 0.15) is 10.4 Å². The number of para-hydroxylation sites is 1. The van der Waals surface area contributed by atoms with E-state index in [-0.39, 0.29) is 10.6 Å². The van der Waals surface area contributed by atoms with Crippen molar-refractivity contribution in [1.82, 2.24) is 9.97 Å². The molecule has 1 amide bonds. The van der Waals surface area contributed by atoms with Gasteiger partial charge in [-0.1, -0.05) is 29.8 Å². The number of carbonyl (C=O) groups excluding carboxylic acids is 1. The summed E-state index contributed by atoms with van der Waals surface area (Å²) in [5.41, 5.74) is 0.474. The van der Waals surface area contributed by atoms with E-state index in [0.717, 1.165) is 17.0 Å². The molecule has 0 saturated heterocycles. The maximum atomic E-state index is 12.2. The van der Waals surface area contributed by atoms with Crippen molar-refractivity contribution in [2.75, 3.05) is 5.32 Å². The maximum absolute atomic E-state index is 12.2. The van der Waals surface area contributed by atoms with Crippen molar-refractivity contribution in [3.63, 3.8) is 0 Å². The van der Waals surface area contributed by atoms with Crippen LogP contribution in [-0.2, 0) is 0 Å². The Morgan fingerprint density at radius 3 is 2.86 bits per heavy atom. The number of fused-ring (bicyclic) bond motifs is 1. The molecule has 0 saturated carbocycles. The van der Waals surface area contributed by atoms with E-state index in [1.165, 1.54) is 6.20 Å². The number of aromatic nitrogens is 2. The number of aromatic hydroxyl groups is 1. The van der Waals surface area contributed by atoms with Crippen LogP contribution in [0, 0.1) is 0 Å². The fourth-order valence-corrected chi connectivity index (χ4v) is 2.16. The quantitative estimate of drug-likeness (QED) is 0.677. The van der Waals surface area contributed by atoms with Gasteiger partial charge >= 0.3 is 0 Å². The van der Waals surface area contributed by atoms with Gasteiger partial charge in [0.2, 0.25) is 5.88 Å². The lowest BCUT2D eigenvalue weighted by atomic mass is 10.2. The van der Waals surface area contributed by atoms with Gasteiger partial charge in [-0.25, -0.2) is 0 Å². The topological polar surface area (TPSA) is 95.1 Å². The molecule has 0 bridgehead atoms. The number of pyridine rings is 2. The molecule has 2 aromatic heterocycles. The van der Waals surface area contributed by atoms with Gasteiger partial charge in [0.15, 0.2) is 0 Å². The average molecular weight is 316 g/mol. The standard InChI is InChI=1S/C15H10ClN3O3/c16-11-6-10(14(21)19-15(11)22)13(20)18-9-5-8-3-1-2-4-12(8)17-7-9/h1-7H,(H,18,20)(H2,19,21,22). The highest BCUT2D eigenvalue weighted by atomic mass is 35.5. The number of nitrogens with one attached hydrogen (secondary N) is 2. The van der Waals surface area contributed by atoms with Gasteiger partial charge in [0.1, 0.15) is 10.6 Å². The van der Waals surface area contributed by atoms with Gasteiger partial charge in [-0.15, -0.1) is 0 Å². The highest BCUT2D eigenvalue weighted by molar-refractivity contribution is 6.30. The van der Waals surface area contributed by atoms with Gasteiger partial charge in [-0.3, -0.25) is 19.6 Å². The molecule has 110 valence electrons. The van der Waals surface area contributed by atoms with E-state index in [1.807, 2.05) is 24.3 Å². The number of aromatic amines is 1. The number of amides is 1. The van der Waals surface area contributed by atoms with Crippen molar-refractivity contribution < 1.29 is 9.90 Å². The van der Waals surface area contributed by atoms with Crippen LogP contribution < -0.4 is 10.9 Å². The second kappa shape index (κ2) is 5.50. The van der Waals surface area contributed by atoms with Gasteiger partial charge in [-0.2, -0.15) is 0 Å². The van der Waals surface area contributed by atoms with Gasteiger partial charge in [0.25, 0.3) is 11.5 Å². The molecule has 0 aliphatic rings. The molecule has 22 heavy (non-hydrogen) atoms. The predicted octanol–water partition coefficient (Wildman–Crippen LogP) is 2.53. The van der Waals surface area contributed by atoms with Crippen LogP contribution in [0.15, 0.2) is 47.4 Å². The molecular weight excluding hydrogens is 306 g/mol. The summed E-state index contributed by atoms with van der Waals surface area (Å²) in [5.74, 6) is -1.15. The second-order valence-corrected chi connectivity index (χ2v) is 4.99. The fraction of sp³-hybridized carbons (Fsp3) is 0. The van der Waals surface area contributed by atoms with Crippen LogP contribution in [0.5, 0.6) is 5.88 Å². The molecule has 0 unspecified atom stereocenters. The average Bonchev–Trinajstić information content (AvgIpc) is 2.50. The minimum atomic E-state index is -0.664. The van der Waals surface area contributed by atoms with Crippen molar-refractivity contribution in [3.05, 3.63) is 63.5 Å². The first-order valence-electron chi connectivity index (χ1n) is 6.32. The number of nitrogens with zero attached hydrogens (tertiary/aromatic N) is 1. The molecule has 7 heteroatoms. The first-order chi connectivity index (χ1) is 10.5. The van der Waals surface area contributed by atoms with Gasteiger partial charge < -0.3 is 10.4 Å². The Hall–Kier alpha value is -2.86. The van der Waals surface area contributed by atoms with E-state index < -0.39 is 17.3 Å². The number of H-pyrrole nitrogens is 1. The highest BCUT2D eigenvalue weighted by Gasteiger charge is 2.15. The Morgan fingerprint density at radius 2 is 2.05 bits per heavy atom. The van der Waals surface area contributed by atoms with Crippen LogP contribution in [0.25, 0.3) is 10.9 Å². The van der Waals surface area contributed by atoms with E-state index in [4.69, 9.17) is 11.6 Å². The predicted molar refractivity (Wildman–Crippen MR) is 83.4 cm³/mol. The van der Waals surface area contributed by atoms with Crippen molar-refractivity contribution in [3.8, 4) is 5.88 Å². The number of halogens is 1. The molecule has 6 nitrogen and oxygen atoms in total. The second-order valence-electron chi connectivity index (χ2n) is 4.58. The van der Waals surface area contributed by atoms with E-state index >= 15 is 0 Å². The molecule has 0 fully saturated rings.